The van der Waals surface area contributed by atoms with Crippen molar-refractivity contribution in [2.24, 2.45) is 11.0 Å². The first-order valence-electron chi connectivity index (χ1n) is 8.59. The van der Waals surface area contributed by atoms with Crippen LogP contribution in [0.3, 0.4) is 0 Å². The van der Waals surface area contributed by atoms with Crippen molar-refractivity contribution in [2.45, 2.75) is 38.6 Å². The smallest absolute Gasteiger partial charge is 0.271 e. The first-order chi connectivity index (χ1) is 12.1. The third kappa shape index (κ3) is 4.86. The van der Waals surface area contributed by atoms with Gasteiger partial charge in [0.2, 0.25) is 0 Å². The van der Waals surface area contributed by atoms with E-state index in [1.165, 1.54) is 50.3 Å². The molecule has 1 amide bonds. The minimum absolute atomic E-state index is 0.0546. The maximum atomic E-state index is 12.0. The third-order valence-corrected chi connectivity index (χ3v) is 4.86. The predicted molar refractivity (Wildman–Crippen MR) is 99.2 cm³/mol. The first-order valence-corrected chi connectivity index (χ1v) is 8.97. The monoisotopic (exact) mass is 359 g/mol. The van der Waals surface area contributed by atoms with Crippen molar-refractivity contribution in [2.75, 3.05) is 0 Å². The van der Waals surface area contributed by atoms with Crippen molar-refractivity contribution >= 4 is 23.7 Å². The molecule has 0 aliphatic heterocycles. The van der Waals surface area contributed by atoms with E-state index < -0.39 is 0 Å². The van der Waals surface area contributed by atoms with E-state index in [1.54, 1.807) is 6.21 Å². The molecule has 0 bridgehead atoms. The van der Waals surface area contributed by atoms with Gasteiger partial charge in [-0.05, 0) is 43.0 Å². The number of carbonyl (C=O) groups excluding carboxylic acids is 1. The second kappa shape index (κ2) is 8.21. The van der Waals surface area contributed by atoms with E-state index in [2.05, 4.69) is 21.3 Å². The van der Waals surface area contributed by atoms with Crippen molar-refractivity contribution < 1.29 is 9.90 Å². The Kier molecular flexibility index (Phi) is 5.76. The Morgan fingerprint density at radius 2 is 2.12 bits per heavy atom. The summed E-state index contributed by atoms with van der Waals surface area (Å²) in [5.74, 6) is 0.339. The molecule has 0 unspecified atom stereocenters. The van der Waals surface area contributed by atoms with Crippen LogP contribution in [-0.4, -0.2) is 21.8 Å². The van der Waals surface area contributed by atoms with Crippen molar-refractivity contribution in [1.29, 1.82) is 0 Å². The van der Waals surface area contributed by atoms with Crippen LogP contribution in [0.2, 0.25) is 5.02 Å². The molecule has 1 fully saturated rings. The quantitative estimate of drug-likeness (QED) is 0.620. The molecule has 2 N–H and O–H groups in total. The fourth-order valence-corrected chi connectivity index (χ4v) is 3.38. The van der Waals surface area contributed by atoms with E-state index in [0.717, 1.165) is 18.0 Å². The highest BCUT2D eigenvalue weighted by Crippen LogP contribution is 2.25. The van der Waals surface area contributed by atoms with Gasteiger partial charge in [0.1, 0.15) is 5.75 Å². The summed E-state index contributed by atoms with van der Waals surface area (Å²) in [6, 6.07) is 6.26. The summed E-state index contributed by atoms with van der Waals surface area (Å²) in [5, 5.41) is 13.5. The molecule has 2 aromatic rings. The Morgan fingerprint density at radius 1 is 1.32 bits per heavy atom. The number of hydrogen-bond donors (Lipinski definition) is 2. The van der Waals surface area contributed by atoms with Crippen molar-refractivity contribution in [3.05, 3.63) is 52.8 Å². The number of phenolic OH excluding ortho intramolecular Hbond substituents is 1. The molecule has 1 heterocycles. The van der Waals surface area contributed by atoms with E-state index in [1.807, 2.05) is 12.3 Å². The van der Waals surface area contributed by atoms with Gasteiger partial charge >= 0.3 is 0 Å². The number of nitrogens with one attached hydrogen (secondary N) is 1. The molecule has 0 radical (unpaired) electrons. The number of aromatic nitrogens is 1. The molecule has 5 nitrogen and oxygen atoms in total. The summed E-state index contributed by atoms with van der Waals surface area (Å²) in [5.41, 5.74) is 3.75. The van der Waals surface area contributed by atoms with Gasteiger partial charge < -0.3 is 9.67 Å². The molecule has 1 aliphatic carbocycles. The third-order valence-electron chi connectivity index (χ3n) is 4.56. The van der Waals surface area contributed by atoms with Crippen LogP contribution < -0.4 is 5.43 Å². The summed E-state index contributed by atoms with van der Waals surface area (Å²) < 4.78 is 2.19. The van der Waals surface area contributed by atoms with Crippen LogP contribution in [-0.2, 0) is 6.54 Å². The van der Waals surface area contributed by atoms with Gasteiger partial charge in [-0.3, -0.25) is 4.79 Å². The van der Waals surface area contributed by atoms with E-state index in [9.17, 15) is 9.90 Å². The lowest BCUT2D eigenvalue weighted by molar-refractivity contribution is 0.0955. The average molecular weight is 360 g/mol. The van der Waals surface area contributed by atoms with Crippen LogP contribution in [0.4, 0.5) is 0 Å². The summed E-state index contributed by atoms with van der Waals surface area (Å²) in [6.45, 7) is 1.05. The van der Waals surface area contributed by atoms with E-state index in [-0.39, 0.29) is 16.7 Å². The SMILES string of the molecule is O=C(NN=Cc1ccn(CC2CCCCC2)c1)c1ccc(O)c(Cl)c1. The number of nitrogens with zero attached hydrogens (tertiary/aromatic N) is 2. The maximum absolute atomic E-state index is 12.0. The Balaban J connectivity index is 1.53. The van der Waals surface area contributed by atoms with Crippen LogP contribution in [0.1, 0.15) is 48.0 Å². The zero-order valence-corrected chi connectivity index (χ0v) is 14.7. The van der Waals surface area contributed by atoms with Gasteiger partial charge in [0, 0.05) is 30.1 Å². The normalized spacial score (nSPS) is 15.6. The molecule has 0 atom stereocenters. The lowest BCUT2D eigenvalue weighted by atomic mass is 9.89. The van der Waals surface area contributed by atoms with Crippen molar-refractivity contribution in [1.82, 2.24) is 9.99 Å². The van der Waals surface area contributed by atoms with E-state index in [4.69, 9.17) is 11.6 Å². The van der Waals surface area contributed by atoms with Crippen molar-refractivity contribution in [3.63, 3.8) is 0 Å². The molecule has 1 aliphatic rings. The Morgan fingerprint density at radius 3 is 2.88 bits per heavy atom. The molecule has 1 aromatic heterocycles. The number of hydrazone groups is 1. The summed E-state index contributed by atoms with van der Waals surface area (Å²) >= 11 is 5.80. The summed E-state index contributed by atoms with van der Waals surface area (Å²) in [4.78, 5) is 12.0. The number of hydrogen-bond acceptors (Lipinski definition) is 3. The molecule has 6 heteroatoms. The Bertz CT molecular complexity index is 764. The minimum atomic E-state index is -0.375. The van der Waals surface area contributed by atoms with Gasteiger partial charge in [-0.1, -0.05) is 30.9 Å². The second-order valence-electron chi connectivity index (χ2n) is 6.51. The Hall–Kier alpha value is -2.27. The highest BCUT2D eigenvalue weighted by Gasteiger charge is 2.13. The number of aromatic hydroxyl groups is 1. The van der Waals surface area contributed by atoms with Gasteiger partial charge in [-0.15, -0.1) is 0 Å². The second-order valence-corrected chi connectivity index (χ2v) is 6.92. The first kappa shape index (κ1) is 17.5. The fraction of sp³-hybridized carbons (Fsp3) is 0.368. The van der Waals surface area contributed by atoms with Gasteiger partial charge in [0.05, 0.1) is 11.2 Å². The van der Waals surface area contributed by atoms with E-state index in [0.29, 0.717) is 5.56 Å². The highest BCUT2D eigenvalue weighted by molar-refractivity contribution is 6.32. The molecule has 132 valence electrons. The van der Waals surface area contributed by atoms with Gasteiger partial charge in [-0.2, -0.15) is 5.10 Å². The zero-order chi connectivity index (χ0) is 17.6. The number of phenols is 1. The number of benzene rings is 1. The topological polar surface area (TPSA) is 66.6 Å². The average Bonchev–Trinajstić information content (AvgIpc) is 3.05. The Labute approximate surface area is 152 Å². The van der Waals surface area contributed by atoms with Gasteiger partial charge in [-0.25, -0.2) is 5.43 Å². The number of carbonyl (C=O) groups is 1. The molecule has 3 rings (SSSR count). The lowest BCUT2D eigenvalue weighted by Gasteiger charge is -2.21. The lowest BCUT2D eigenvalue weighted by Crippen LogP contribution is -2.17. The molecule has 25 heavy (non-hydrogen) atoms. The fourth-order valence-electron chi connectivity index (χ4n) is 3.20. The number of halogens is 1. The maximum Gasteiger partial charge on any atom is 0.271 e. The molecule has 0 spiro atoms. The van der Waals surface area contributed by atoms with Gasteiger partial charge in [0.15, 0.2) is 0 Å². The molecule has 0 saturated heterocycles. The van der Waals surface area contributed by atoms with Crippen LogP contribution in [0.25, 0.3) is 0 Å². The number of amides is 1. The molecule has 1 aromatic carbocycles. The van der Waals surface area contributed by atoms with Crippen LogP contribution in [0, 0.1) is 5.92 Å². The van der Waals surface area contributed by atoms with Crippen LogP contribution >= 0.6 is 11.6 Å². The van der Waals surface area contributed by atoms with Gasteiger partial charge in [0.25, 0.3) is 5.91 Å². The van der Waals surface area contributed by atoms with E-state index >= 15 is 0 Å². The molecular formula is C19H22ClN3O2. The largest absolute Gasteiger partial charge is 0.506 e. The predicted octanol–water partition coefficient (Wildman–Crippen LogP) is 4.19. The molecular weight excluding hydrogens is 338 g/mol. The summed E-state index contributed by atoms with van der Waals surface area (Å²) in [6.07, 6.45) is 12.4. The standard InChI is InChI=1S/C19H22ClN3O2/c20-17-10-16(6-7-18(17)24)19(25)22-21-11-15-8-9-23(13-15)12-14-4-2-1-3-5-14/h6-11,13-14,24H,1-5,12H2,(H,22,25). The van der Waals surface area contributed by atoms with Crippen LogP contribution in [0.15, 0.2) is 41.8 Å². The highest BCUT2D eigenvalue weighted by atomic mass is 35.5. The molecule has 1 saturated carbocycles. The van der Waals surface area contributed by atoms with Crippen LogP contribution in [0.5, 0.6) is 5.75 Å². The van der Waals surface area contributed by atoms with Crippen molar-refractivity contribution in [3.8, 4) is 5.75 Å². The summed E-state index contributed by atoms with van der Waals surface area (Å²) in [7, 11) is 0. The minimum Gasteiger partial charge on any atom is -0.506 e. The zero-order valence-electron chi connectivity index (χ0n) is 14.0. The number of rotatable bonds is 5.